The van der Waals surface area contributed by atoms with Gasteiger partial charge in [-0.2, -0.15) is 0 Å². The van der Waals surface area contributed by atoms with Crippen LogP contribution in [0.15, 0.2) is 29.4 Å². The Morgan fingerprint density at radius 2 is 2.50 bits per heavy atom. The molecule has 5 nitrogen and oxygen atoms in total. The number of nitrogens with zero attached hydrogens (tertiary/aromatic N) is 2. The summed E-state index contributed by atoms with van der Waals surface area (Å²) < 4.78 is 0. The third kappa shape index (κ3) is 2.98. The predicted molar refractivity (Wildman–Crippen MR) is 72.3 cm³/mol. The van der Waals surface area contributed by atoms with Crippen molar-refractivity contribution in [2.75, 3.05) is 11.9 Å². The van der Waals surface area contributed by atoms with E-state index in [1.54, 1.807) is 6.20 Å². The Kier molecular flexibility index (Phi) is 3.81. The van der Waals surface area contributed by atoms with Crippen LogP contribution in [0.2, 0.25) is 0 Å². The Hall–Kier alpha value is -1.62. The average Bonchev–Trinajstić information content (AvgIpc) is 2.69. The summed E-state index contributed by atoms with van der Waals surface area (Å²) in [6, 6.07) is 5.52. The summed E-state index contributed by atoms with van der Waals surface area (Å²) in [6.45, 7) is 2.41. The highest BCUT2D eigenvalue weighted by molar-refractivity contribution is 5.91. The number of hydrogen-bond donors (Lipinski definition) is 3. The van der Waals surface area contributed by atoms with Gasteiger partial charge < -0.3 is 16.2 Å². The molecule has 0 radical (unpaired) electrons. The van der Waals surface area contributed by atoms with Crippen LogP contribution in [0.5, 0.6) is 0 Å². The number of aliphatic imine (C=N–C) groups is 1. The summed E-state index contributed by atoms with van der Waals surface area (Å²) in [7, 11) is 0. The van der Waals surface area contributed by atoms with E-state index in [1.807, 2.05) is 18.2 Å². The molecule has 0 aromatic carbocycles. The Labute approximate surface area is 107 Å². The Morgan fingerprint density at radius 1 is 1.67 bits per heavy atom. The van der Waals surface area contributed by atoms with Crippen LogP contribution in [0, 0.1) is 5.92 Å². The van der Waals surface area contributed by atoms with Crippen LogP contribution in [0.4, 0.5) is 5.82 Å². The summed E-state index contributed by atoms with van der Waals surface area (Å²) >= 11 is 0. The van der Waals surface area contributed by atoms with Crippen molar-refractivity contribution >= 4 is 11.8 Å². The standard InChI is InChI=1S/C13H20N4O/c1-10-5-4-7-13(10,18)9-16-12(14)17-11-6-2-3-8-15-11/h2-3,6,8,10,18H,4-5,7,9H2,1H3,(H3,14,15,16,17). The van der Waals surface area contributed by atoms with Crippen molar-refractivity contribution in [2.24, 2.45) is 16.6 Å². The first-order valence-corrected chi connectivity index (χ1v) is 6.30. The highest BCUT2D eigenvalue weighted by atomic mass is 16.3. The van der Waals surface area contributed by atoms with E-state index >= 15 is 0 Å². The minimum atomic E-state index is -0.698. The third-order valence-electron chi connectivity index (χ3n) is 3.61. The van der Waals surface area contributed by atoms with Crippen LogP contribution in [0.1, 0.15) is 26.2 Å². The third-order valence-corrected chi connectivity index (χ3v) is 3.61. The molecule has 0 saturated heterocycles. The van der Waals surface area contributed by atoms with Crippen molar-refractivity contribution in [3.8, 4) is 0 Å². The van der Waals surface area contributed by atoms with Gasteiger partial charge in [0.05, 0.1) is 12.1 Å². The van der Waals surface area contributed by atoms with Gasteiger partial charge in [-0.25, -0.2) is 4.98 Å². The van der Waals surface area contributed by atoms with Crippen LogP contribution in [-0.4, -0.2) is 28.2 Å². The molecule has 0 bridgehead atoms. The van der Waals surface area contributed by atoms with Gasteiger partial charge in [0.1, 0.15) is 5.82 Å². The molecule has 1 aliphatic carbocycles. The van der Waals surface area contributed by atoms with Crippen LogP contribution in [0.3, 0.4) is 0 Å². The number of guanidine groups is 1. The van der Waals surface area contributed by atoms with E-state index in [0.29, 0.717) is 18.3 Å². The smallest absolute Gasteiger partial charge is 0.194 e. The van der Waals surface area contributed by atoms with Crippen LogP contribution in [-0.2, 0) is 0 Å². The molecule has 2 rings (SSSR count). The zero-order valence-corrected chi connectivity index (χ0v) is 10.6. The van der Waals surface area contributed by atoms with E-state index in [4.69, 9.17) is 5.73 Å². The Morgan fingerprint density at radius 3 is 3.11 bits per heavy atom. The van der Waals surface area contributed by atoms with Gasteiger partial charge in [0.15, 0.2) is 5.96 Å². The van der Waals surface area contributed by atoms with Gasteiger partial charge >= 0.3 is 0 Å². The summed E-state index contributed by atoms with van der Waals surface area (Å²) in [5.41, 5.74) is 5.08. The Balaban J connectivity index is 1.93. The normalized spacial score (nSPS) is 28.3. The van der Waals surface area contributed by atoms with Crippen molar-refractivity contribution < 1.29 is 5.11 Å². The monoisotopic (exact) mass is 248 g/mol. The molecule has 0 spiro atoms. The lowest BCUT2D eigenvalue weighted by atomic mass is 9.93. The largest absolute Gasteiger partial charge is 0.388 e. The van der Waals surface area contributed by atoms with Gasteiger partial charge in [-0.15, -0.1) is 0 Å². The lowest BCUT2D eigenvalue weighted by Crippen LogP contribution is -2.36. The number of nitrogens with one attached hydrogen (secondary N) is 1. The van der Waals surface area contributed by atoms with Crippen LogP contribution < -0.4 is 11.1 Å². The fourth-order valence-electron chi connectivity index (χ4n) is 2.29. The van der Waals surface area contributed by atoms with Crippen molar-refractivity contribution in [1.29, 1.82) is 0 Å². The van der Waals surface area contributed by atoms with E-state index < -0.39 is 5.60 Å². The second-order valence-corrected chi connectivity index (χ2v) is 4.94. The minimum absolute atomic E-state index is 0.281. The van der Waals surface area contributed by atoms with E-state index in [1.165, 1.54) is 0 Å². The number of nitrogens with two attached hydrogens (primary N) is 1. The minimum Gasteiger partial charge on any atom is -0.388 e. The molecule has 0 amide bonds. The summed E-state index contributed by atoms with van der Waals surface area (Å²) in [5.74, 6) is 1.23. The highest BCUT2D eigenvalue weighted by Gasteiger charge is 2.37. The maximum absolute atomic E-state index is 10.4. The van der Waals surface area contributed by atoms with Gasteiger partial charge in [-0.05, 0) is 30.9 Å². The summed E-state index contributed by atoms with van der Waals surface area (Å²) in [5, 5.41) is 13.3. The van der Waals surface area contributed by atoms with Crippen LogP contribution >= 0.6 is 0 Å². The lowest BCUT2D eigenvalue weighted by Gasteiger charge is -2.25. The van der Waals surface area contributed by atoms with E-state index in [9.17, 15) is 5.11 Å². The van der Waals surface area contributed by atoms with Crippen molar-refractivity contribution in [1.82, 2.24) is 4.98 Å². The zero-order chi connectivity index (χ0) is 13.0. The molecule has 98 valence electrons. The first-order valence-electron chi connectivity index (χ1n) is 6.30. The molecule has 1 aromatic rings. The molecule has 1 aromatic heterocycles. The zero-order valence-electron chi connectivity index (χ0n) is 10.6. The highest BCUT2D eigenvalue weighted by Crippen LogP contribution is 2.35. The van der Waals surface area contributed by atoms with Crippen molar-refractivity contribution in [3.63, 3.8) is 0 Å². The number of anilines is 1. The topological polar surface area (TPSA) is 83.5 Å². The van der Waals surface area contributed by atoms with Crippen LogP contribution in [0.25, 0.3) is 0 Å². The van der Waals surface area contributed by atoms with Crippen molar-refractivity contribution in [2.45, 2.75) is 31.8 Å². The second-order valence-electron chi connectivity index (χ2n) is 4.94. The number of aromatic nitrogens is 1. The average molecular weight is 248 g/mol. The number of pyridine rings is 1. The van der Waals surface area contributed by atoms with Gasteiger partial charge in [0, 0.05) is 6.20 Å². The number of aliphatic hydroxyl groups is 1. The fraction of sp³-hybridized carbons (Fsp3) is 0.538. The van der Waals surface area contributed by atoms with E-state index in [0.717, 1.165) is 19.3 Å². The quantitative estimate of drug-likeness (QED) is 0.557. The molecular formula is C13H20N4O. The number of hydrogen-bond acceptors (Lipinski definition) is 3. The summed E-state index contributed by atoms with van der Waals surface area (Å²) in [6.07, 6.45) is 4.59. The second kappa shape index (κ2) is 5.35. The molecule has 2 atom stereocenters. The maximum atomic E-state index is 10.4. The molecule has 5 heteroatoms. The van der Waals surface area contributed by atoms with Gasteiger partial charge in [-0.1, -0.05) is 19.4 Å². The molecule has 1 aliphatic rings. The molecule has 18 heavy (non-hydrogen) atoms. The maximum Gasteiger partial charge on any atom is 0.194 e. The first kappa shape index (κ1) is 12.8. The van der Waals surface area contributed by atoms with Crippen molar-refractivity contribution in [3.05, 3.63) is 24.4 Å². The van der Waals surface area contributed by atoms with E-state index in [2.05, 4.69) is 22.2 Å². The van der Waals surface area contributed by atoms with Gasteiger partial charge in [0.2, 0.25) is 0 Å². The number of rotatable bonds is 3. The van der Waals surface area contributed by atoms with Gasteiger partial charge in [-0.3, -0.25) is 4.99 Å². The molecule has 1 saturated carbocycles. The summed E-state index contributed by atoms with van der Waals surface area (Å²) in [4.78, 5) is 8.31. The first-order chi connectivity index (χ1) is 8.60. The fourth-order valence-corrected chi connectivity index (χ4v) is 2.29. The molecule has 1 heterocycles. The lowest BCUT2D eigenvalue weighted by molar-refractivity contribution is 0.0187. The van der Waals surface area contributed by atoms with Gasteiger partial charge in [0.25, 0.3) is 0 Å². The van der Waals surface area contributed by atoms with E-state index in [-0.39, 0.29) is 5.92 Å². The Bertz CT molecular complexity index is 420. The molecular weight excluding hydrogens is 228 g/mol. The SMILES string of the molecule is CC1CCCC1(O)CN=C(N)Nc1ccccn1. The molecule has 1 fully saturated rings. The predicted octanol–water partition coefficient (Wildman–Crippen LogP) is 1.36. The molecule has 2 unspecified atom stereocenters. The molecule has 4 N–H and O–H groups in total. The molecule has 0 aliphatic heterocycles.